The van der Waals surface area contributed by atoms with Crippen LogP contribution in [0.4, 0.5) is 5.69 Å². The minimum atomic E-state index is -4.88. The number of anilines is 1. The van der Waals surface area contributed by atoms with Gasteiger partial charge in [-0.1, -0.05) is 11.3 Å². The number of aliphatic hydroxyl groups excluding tert-OH is 2. The number of rotatable bonds is 15. The van der Waals surface area contributed by atoms with Crippen LogP contribution in [0.2, 0.25) is 0 Å². The highest BCUT2D eigenvalue weighted by Gasteiger charge is 2.45. The summed E-state index contributed by atoms with van der Waals surface area (Å²) in [6, 6.07) is 11.3. The summed E-state index contributed by atoms with van der Waals surface area (Å²) in [6.45, 7) is 5.41. The summed E-state index contributed by atoms with van der Waals surface area (Å²) in [6.07, 6.45) is 3.04. The summed E-state index contributed by atoms with van der Waals surface area (Å²) in [5.74, 6) is 0. The molecule has 6 rings (SSSR count). The van der Waals surface area contributed by atoms with E-state index in [4.69, 9.17) is 13.9 Å². The van der Waals surface area contributed by atoms with Crippen LogP contribution in [0.1, 0.15) is 43.3 Å². The molecule has 0 radical (unpaired) electrons. The number of hydrogen-bond acceptors (Lipinski definition) is 14. The van der Waals surface area contributed by atoms with Crippen molar-refractivity contribution in [2.24, 2.45) is 0 Å². The summed E-state index contributed by atoms with van der Waals surface area (Å²) in [4.78, 5) is 40.9. The topological polar surface area (TPSA) is 239 Å². The molecule has 1 fully saturated rings. The van der Waals surface area contributed by atoms with Crippen LogP contribution in [-0.4, -0.2) is 85.7 Å². The van der Waals surface area contributed by atoms with Gasteiger partial charge in [-0.25, -0.2) is 18.0 Å². The SMILES string of the molecule is CCN(CC)c1ccc2cc(/C=C/c3cc[n+](CCCn4cc(CO[C@H]5C(n6ccc(=O)[nH]c6=O)O[C@H](CO)[C@H]5O)nn4)c(S(=O)(=O)[O-])c3)c(=O)oc2c1. The van der Waals surface area contributed by atoms with Gasteiger partial charge in [-0.15, -0.1) is 5.10 Å². The van der Waals surface area contributed by atoms with Gasteiger partial charge >= 0.3 is 11.3 Å². The Kier molecular flexibility index (Phi) is 11.6. The van der Waals surface area contributed by atoms with Crippen molar-refractivity contribution in [3.05, 3.63) is 109 Å². The fourth-order valence-electron chi connectivity index (χ4n) is 6.23. The maximum Gasteiger partial charge on any atom is 0.343 e. The first-order chi connectivity index (χ1) is 25.9. The third-order valence-corrected chi connectivity index (χ3v) is 9.89. The average Bonchev–Trinajstić information content (AvgIpc) is 3.73. The molecule has 4 atom stereocenters. The Balaban J connectivity index is 1.09. The Morgan fingerprint density at radius 1 is 1.11 bits per heavy atom. The van der Waals surface area contributed by atoms with Gasteiger partial charge in [-0.3, -0.25) is 19.0 Å². The lowest BCUT2D eigenvalue weighted by Crippen LogP contribution is -2.40. The van der Waals surface area contributed by atoms with Crippen molar-refractivity contribution in [1.29, 1.82) is 0 Å². The highest BCUT2D eigenvalue weighted by molar-refractivity contribution is 7.85. The number of aromatic nitrogens is 6. The third kappa shape index (κ3) is 8.56. The van der Waals surface area contributed by atoms with Gasteiger partial charge in [0, 0.05) is 67.6 Å². The van der Waals surface area contributed by atoms with Gasteiger partial charge in [0.25, 0.3) is 10.6 Å². The van der Waals surface area contributed by atoms with E-state index in [0.717, 1.165) is 34.8 Å². The molecule has 1 aromatic carbocycles. The highest BCUT2D eigenvalue weighted by Crippen LogP contribution is 2.31. The summed E-state index contributed by atoms with van der Waals surface area (Å²) in [7, 11) is -4.88. The number of H-pyrrole nitrogens is 1. The fraction of sp³-hybridized carbons (Fsp3) is 0.371. The molecule has 286 valence electrons. The Morgan fingerprint density at radius 3 is 2.63 bits per heavy atom. The maximum absolute atomic E-state index is 12.8. The molecule has 1 unspecified atom stereocenters. The van der Waals surface area contributed by atoms with E-state index in [9.17, 15) is 37.6 Å². The van der Waals surface area contributed by atoms with E-state index in [0.29, 0.717) is 23.3 Å². The number of fused-ring (bicyclic) bond motifs is 1. The predicted molar refractivity (Wildman–Crippen MR) is 191 cm³/mol. The molecule has 1 saturated heterocycles. The van der Waals surface area contributed by atoms with Crippen molar-refractivity contribution in [3.8, 4) is 0 Å². The Bertz CT molecular complexity index is 2440. The van der Waals surface area contributed by atoms with Gasteiger partial charge in [0.2, 0.25) is 0 Å². The standard InChI is InChI=1S/C35H39N7O11S/c1-3-39(4-2)26-9-8-23-17-24(34(46)53-27(23)18-26)7-6-22-10-14-40(30(16-22)54(48,49)50)12-5-13-41-19-25(37-38-41)21-51-32-31(45)28(20-43)52-33(32)42-15-11-29(44)36-35(42)47/h6-11,14-19,28,31-33,43,45H,3-5,12-13,20-21H2,1-2H3,(H-,36,44,47,48,49,50)/t28-,31-,32-,33?/m1/s1. The molecule has 0 spiro atoms. The third-order valence-electron chi connectivity index (χ3n) is 9.02. The molecule has 0 aliphatic carbocycles. The normalized spacial score (nSPS) is 18.9. The van der Waals surface area contributed by atoms with E-state index in [1.165, 1.54) is 39.9 Å². The lowest BCUT2D eigenvalue weighted by molar-refractivity contribution is -0.734. The van der Waals surface area contributed by atoms with Crippen molar-refractivity contribution < 1.29 is 41.6 Å². The van der Waals surface area contributed by atoms with Gasteiger partial charge in [0.1, 0.15) is 29.6 Å². The van der Waals surface area contributed by atoms with Crippen LogP contribution in [0.15, 0.2) is 84.9 Å². The quantitative estimate of drug-likeness (QED) is 0.0742. The molecule has 1 aliphatic heterocycles. The first-order valence-electron chi connectivity index (χ1n) is 17.1. The summed E-state index contributed by atoms with van der Waals surface area (Å²) >= 11 is 0. The monoisotopic (exact) mass is 765 g/mol. The number of nitrogens with one attached hydrogen (secondary N) is 1. The molecule has 5 aromatic rings. The first-order valence-corrected chi connectivity index (χ1v) is 18.6. The Morgan fingerprint density at radius 2 is 1.91 bits per heavy atom. The first kappa shape index (κ1) is 38.4. The van der Waals surface area contributed by atoms with E-state index in [-0.39, 0.29) is 25.3 Å². The number of benzene rings is 1. The molecule has 1 aliphatic rings. The smallest absolute Gasteiger partial charge is 0.343 e. The molecule has 5 heterocycles. The zero-order valence-electron chi connectivity index (χ0n) is 29.3. The van der Waals surface area contributed by atoms with Crippen molar-refractivity contribution in [1.82, 2.24) is 24.5 Å². The number of aromatic amines is 1. The number of aliphatic hydroxyl groups is 2. The number of nitrogens with zero attached hydrogens (tertiary/aromatic N) is 6. The van der Waals surface area contributed by atoms with Crippen LogP contribution >= 0.6 is 0 Å². The molecular formula is C35H39N7O11S. The Labute approximate surface area is 307 Å². The minimum Gasteiger partial charge on any atom is -0.740 e. The van der Waals surface area contributed by atoms with Crippen molar-refractivity contribution in [2.45, 2.75) is 69.5 Å². The second-order valence-corrected chi connectivity index (χ2v) is 13.8. The van der Waals surface area contributed by atoms with Crippen LogP contribution in [-0.2, 0) is 39.3 Å². The fourth-order valence-corrected chi connectivity index (χ4v) is 6.95. The van der Waals surface area contributed by atoms with Crippen LogP contribution in [0, 0.1) is 0 Å². The van der Waals surface area contributed by atoms with Gasteiger partial charge < -0.3 is 33.6 Å². The van der Waals surface area contributed by atoms with Gasteiger partial charge in [0.15, 0.2) is 29.1 Å². The minimum absolute atomic E-state index is 0.139. The number of pyridine rings is 1. The molecule has 3 N–H and O–H groups in total. The molecule has 54 heavy (non-hydrogen) atoms. The largest absolute Gasteiger partial charge is 0.740 e. The van der Waals surface area contributed by atoms with Crippen molar-refractivity contribution in [2.75, 3.05) is 24.6 Å². The van der Waals surface area contributed by atoms with Gasteiger partial charge in [0.05, 0.1) is 25.0 Å². The molecule has 0 saturated carbocycles. The van der Waals surface area contributed by atoms with Crippen molar-refractivity contribution >= 4 is 38.9 Å². The second kappa shape index (κ2) is 16.4. The summed E-state index contributed by atoms with van der Waals surface area (Å²) < 4.78 is 57.6. The Hall–Kier alpha value is -5.31. The molecule has 0 bridgehead atoms. The number of hydrogen-bond donors (Lipinski definition) is 3. The zero-order valence-corrected chi connectivity index (χ0v) is 30.2. The highest BCUT2D eigenvalue weighted by atomic mass is 32.2. The molecule has 18 nitrogen and oxygen atoms in total. The molecular weight excluding hydrogens is 726 g/mol. The predicted octanol–water partition coefficient (Wildman–Crippen LogP) is 0.369. The summed E-state index contributed by atoms with van der Waals surface area (Å²) in [5.41, 5.74) is 0.425. The van der Waals surface area contributed by atoms with Crippen molar-refractivity contribution in [3.63, 3.8) is 0 Å². The number of aryl methyl sites for hydroxylation is 2. The van der Waals surface area contributed by atoms with Crippen LogP contribution in [0.3, 0.4) is 0 Å². The molecule has 19 heteroatoms. The second-order valence-electron chi connectivity index (χ2n) is 12.5. The van der Waals surface area contributed by atoms with Crippen LogP contribution in [0.5, 0.6) is 0 Å². The lowest BCUT2D eigenvalue weighted by atomic mass is 10.1. The molecule has 4 aromatic heterocycles. The van der Waals surface area contributed by atoms with Crippen LogP contribution < -0.4 is 26.3 Å². The lowest BCUT2D eigenvalue weighted by Gasteiger charge is -2.21. The zero-order chi connectivity index (χ0) is 38.6. The van der Waals surface area contributed by atoms with E-state index >= 15 is 0 Å². The van der Waals surface area contributed by atoms with Gasteiger partial charge in [-0.05, 0) is 43.7 Å². The maximum atomic E-state index is 12.8. The average molecular weight is 766 g/mol. The van der Waals surface area contributed by atoms with E-state index in [1.807, 2.05) is 32.0 Å². The van der Waals surface area contributed by atoms with Crippen LogP contribution in [0.25, 0.3) is 23.1 Å². The summed E-state index contributed by atoms with van der Waals surface area (Å²) in [5, 5.41) is 28.7. The number of ether oxygens (including phenoxy) is 2. The van der Waals surface area contributed by atoms with E-state index in [1.54, 1.807) is 18.3 Å². The van der Waals surface area contributed by atoms with E-state index < -0.39 is 63.2 Å². The molecule has 0 amide bonds. The van der Waals surface area contributed by atoms with Gasteiger partial charge in [-0.2, -0.15) is 4.57 Å². The van der Waals surface area contributed by atoms with E-state index in [2.05, 4.69) is 20.2 Å².